The van der Waals surface area contributed by atoms with Crippen molar-refractivity contribution in [2.45, 2.75) is 12.5 Å². The lowest BCUT2D eigenvalue weighted by Crippen LogP contribution is -2.36. The van der Waals surface area contributed by atoms with Crippen LogP contribution in [0.1, 0.15) is 6.42 Å². The van der Waals surface area contributed by atoms with Crippen molar-refractivity contribution in [3.63, 3.8) is 0 Å². The van der Waals surface area contributed by atoms with Gasteiger partial charge < -0.3 is 10.2 Å². The molecule has 1 fully saturated rings. The predicted molar refractivity (Wildman–Crippen MR) is 63.9 cm³/mol. The average molecular weight is 305 g/mol. The monoisotopic (exact) mass is 304 g/mol. The topological polar surface area (TPSA) is 32.3 Å². The van der Waals surface area contributed by atoms with E-state index in [4.69, 9.17) is 0 Å². The Labute approximate surface area is 106 Å². The maximum Gasteiger partial charge on any atom is 0.244 e. The number of carbonyl (C=O) groups excluding carboxylic acids is 1. The smallest absolute Gasteiger partial charge is 0.244 e. The average Bonchev–Trinajstić information content (AvgIpc) is 2.59. The van der Waals surface area contributed by atoms with Gasteiger partial charge in [0.05, 0.1) is 11.7 Å². The van der Waals surface area contributed by atoms with E-state index in [9.17, 15) is 13.6 Å². The van der Waals surface area contributed by atoms with E-state index in [2.05, 4.69) is 21.2 Å². The molecule has 1 heterocycles. The molecule has 0 bridgehead atoms. The molecule has 1 saturated heterocycles. The lowest BCUT2D eigenvalue weighted by molar-refractivity contribution is -0.118. The van der Waals surface area contributed by atoms with Crippen molar-refractivity contribution in [2.75, 3.05) is 18.5 Å². The van der Waals surface area contributed by atoms with E-state index in [-0.39, 0.29) is 22.1 Å². The number of nitrogens with one attached hydrogen (secondary N) is 1. The summed E-state index contributed by atoms with van der Waals surface area (Å²) < 4.78 is 26.9. The fraction of sp³-hybridized carbons (Fsp3) is 0.364. The molecule has 1 unspecified atom stereocenters. The Morgan fingerprint density at radius 2 is 2.18 bits per heavy atom. The van der Waals surface area contributed by atoms with Gasteiger partial charge in [0.25, 0.3) is 0 Å². The SMILES string of the molecule is CNC1CCN(c2c(F)cc(F)cc2Br)C1=O. The number of halogens is 3. The van der Waals surface area contributed by atoms with Gasteiger partial charge in [-0.1, -0.05) is 0 Å². The maximum absolute atomic E-state index is 13.7. The van der Waals surface area contributed by atoms with Gasteiger partial charge in [0.15, 0.2) is 5.82 Å². The Bertz CT molecular complexity index is 444. The summed E-state index contributed by atoms with van der Waals surface area (Å²) in [6.07, 6.45) is 0.610. The number of hydrogen-bond donors (Lipinski definition) is 1. The molecule has 3 nitrogen and oxygen atoms in total. The van der Waals surface area contributed by atoms with Gasteiger partial charge in [-0.05, 0) is 35.5 Å². The van der Waals surface area contributed by atoms with Gasteiger partial charge in [0.1, 0.15) is 5.82 Å². The molecule has 1 N–H and O–H groups in total. The van der Waals surface area contributed by atoms with Crippen molar-refractivity contribution in [3.8, 4) is 0 Å². The summed E-state index contributed by atoms with van der Waals surface area (Å²) in [5.74, 6) is -1.60. The van der Waals surface area contributed by atoms with Gasteiger partial charge in [-0.2, -0.15) is 0 Å². The Balaban J connectivity index is 2.39. The van der Waals surface area contributed by atoms with Gasteiger partial charge in [-0.25, -0.2) is 8.78 Å². The zero-order valence-corrected chi connectivity index (χ0v) is 10.7. The van der Waals surface area contributed by atoms with Crippen LogP contribution in [0.5, 0.6) is 0 Å². The van der Waals surface area contributed by atoms with Crippen LogP contribution in [-0.2, 0) is 4.79 Å². The zero-order chi connectivity index (χ0) is 12.6. The first-order chi connectivity index (χ1) is 8.04. The van der Waals surface area contributed by atoms with E-state index in [1.807, 2.05) is 0 Å². The summed E-state index contributed by atoms with van der Waals surface area (Å²) in [6, 6.07) is 1.63. The molecule has 0 aromatic heterocycles. The molecule has 1 amide bonds. The third-order valence-corrected chi connectivity index (χ3v) is 3.41. The predicted octanol–water partition coefficient (Wildman–Crippen LogP) is 2.05. The van der Waals surface area contributed by atoms with Crippen molar-refractivity contribution >= 4 is 27.5 Å². The quantitative estimate of drug-likeness (QED) is 0.907. The van der Waals surface area contributed by atoms with Crippen molar-refractivity contribution in [2.24, 2.45) is 0 Å². The van der Waals surface area contributed by atoms with Crippen LogP contribution in [0.15, 0.2) is 16.6 Å². The summed E-state index contributed by atoms with van der Waals surface area (Å²) in [5, 5.41) is 2.86. The third kappa shape index (κ3) is 2.19. The first-order valence-corrected chi connectivity index (χ1v) is 5.97. The summed E-state index contributed by atoms with van der Waals surface area (Å²) >= 11 is 3.08. The highest BCUT2D eigenvalue weighted by Crippen LogP contribution is 2.33. The number of benzene rings is 1. The largest absolute Gasteiger partial charge is 0.309 e. The number of carbonyl (C=O) groups is 1. The molecule has 1 aliphatic heterocycles. The van der Waals surface area contributed by atoms with Crippen molar-refractivity contribution < 1.29 is 13.6 Å². The van der Waals surface area contributed by atoms with E-state index in [0.717, 1.165) is 12.1 Å². The molecule has 0 saturated carbocycles. The lowest BCUT2D eigenvalue weighted by atomic mass is 10.2. The van der Waals surface area contributed by atoms with Gasteiger partial charge >= 0.3 is 0 Å². The first kappa shape index (κ1) is 12.4. The van der Waals surface area contributed by atoms with Crippen molar-refractivity contribution in [1.29, 1.82) is 0 Å². The van der Waals surface area contributed by atoms with E-state index in [1.54, 1.807) is 7.05 Å². The summed E-state index contributed by atoms with van der Waals surface area (Å²) in [4.78, 5) is 13.2. The molecule has 0 radical (unpaired) electrons. The van der Waals surface area contributed by atoms with Crippen LogP contribution < -0.4 is 10.2 Å². The van der Waals surface area contributed by atoms with Gasteiger partial charge in [-0.3, -0.25) is 4.79 Å². The molecule has 2 rings (SSSR count). The van der Waals surface area contributed by atoms with Crippen LogP contribution in [0.4, 0.5) is 14.5 Å². The van der Waals surface area contributed by atoms with Crippen LogP contribution >= 0.6 is 15.9 Å². The second kappa shape index (κ2) is 4.70. The minimum absolute atomic E-state index is 0.106. The number of amides is 1. The normalized spacial score (nSPS) is 20.1. The van der Waals surface area contributed by atoms with E-state index >= 15 is 0 Å². The van der Waals surface area contributed by atoms with E-state index in [1.165, 1.54) is 4.90 Å². The molecular formula is C11H11BrF2N2O. The fourth-order valence-corrected chi connectivity index (χ4v) is 2.58. The molecule has 92 valence electrons. The third-order valence-electron chi connectivity index (χ3n) is 2.81. The van der Waals surface area contributed by atoms with E-state index < -0.39 is 11.6 Å². The summed E-state index contributed by atoms with van der Waals surface area (Å²) in [7, 11) is 1.68. The minimum Gasteiger partial charge on any atom is -0.309 e. The second-order valence-electron chi connectivity index (χ2n) is 3.84. The second-order valence-corrected chi connectivity index (χ2v) is 4.69. The van der Waals surface area contributed by atoms with Crippen LogP contribution in [0, 0.1) is 11.6 Å². The van der Waals surface area contributed by atoms with Gasteiger partial charge in [-0.15, -0.1) is 0 Å². The maximum atomic E-state index is 13.7. The minimum atomic E-state index is -0.734. The van der Waals surface area contributed by atoms with Crippen LogP contribution in [0.3, 0.4) is 0 Å². The Kier molecular flexibility index (Phi) is 3.44. The van der Waals surface area contributed by atoms with Gasteiger partial charge in [0, 0.05) is 17.1 Å². The summed E-state index contributed by atoms with van der Waals surface area (Å²) in [5.41, 5.74) is 0.106. The molecule has 1 aromatic carbocycles. The highest BCUT2D eigenvalue weighted by atomic mass is 79.9. The zero-order valence-electron chi connectivity index (χ0n) is 9.14. The number of nitrogens with zero attached hydrogens (tertiary/aromatic N) is 1. The fourth-order valence-electron chi connectivity index (χ4n) is 1.96. The number of anilines is 1. The van der Waals surface area contributed by atoms with Crippen molar-refractivity contribution in [1.82, 2.24) is 5.32 Å². The van der Waals surface area contributed by atoms with E-state index in [0.29, 0.717) is 13.0 Å². The van der Waals surface area contributed by atoms with Crippen molar-refractivity contribution in [3.05, 3.63) is 28.2 Å². The lowest BCUT2D eigenvalue weighted by Gasteiger charge is -2.19. The molecule has 6 heteroatoms. The Hall–Kier alpha value is -1.01. The van der Waals surface area contributed by atoms with Crippen LogP contribution in [0.2, 0.25) is 0 Å². The summed E-state index contributed by atoms with van der Waals surface area (Å²) in [6.45, 7) is 0.422. The number of hydrogen-bond acceptors (Lipinski definition) is 2. The number of rotatable bonds is 2. The highest BCUT2D eigenvalue weighted by Gasteiger charge is 2.33. The molecule has 1 aromatic rings. The van der Waals surface area contributed by atoms with Crippen LogP contribution in [-0.4, -0.2) is 25.5 Å². The highest BCUT2D eigenvalue weighted by molar-refractivity contribution is 9.10. The first-order valence-electron chi connectivity index (χ1n) is 5.17. The molecule has 17 heavy (non-hydrogen) atoms. The van der Waals surface area contributed by atoms with Crippen LogP contribution in [0.25, 0.3) is 0 Å². The standard InChI is InChI=1S/C11H11BrF2N2O/c1-15-9-2-3-16(11(9)17)10-7(12)4-6(13)5-8(10)14/h4-5,9,15H,2-3H2,1H3. The molecular weight excluding hydrogens is 294 g/mol. The Morgan fingerprint density at radius 1 is 1.47 bits per heavy atom. The van der Waals surface area contributed by atoms with Gasteiger partial charge in [0.2, 0.25) is 5.91 Å². The molecule has 1 aliphatic rings. The Morgan fingerprint density at radius 3 is 2.71 bits per heavy atom. The number of likely N-dealkylation sites (N-methyl/N-ethyl adjacent to an activating group) is 1. The molecule has 0 spiro atoms. The molecule has 0 aliphatic carbocycles. The molecule has 1 atom stereocenters.